The van der Waals surface area contributed by atoms with E-state index in [4.69, 9.17) is 42.6 Å². The normalized spacial score (nSPS) is 56.2. The Morgan fingerprint density at radius 2 is 1.37 bits per heavy atom. The number of ether oxygens (including phenoxy) is 9. The molecule has 1 spiro atoms. The van der Waals surface area contributed by atoms with Crippen molar-refractivity contribution in [2.24, 2.45) is 40.4 Å². The van der Waals surface area contributed by atoms with Gasteiger partial charge in [-0.05, 0) is 95.8 Å². The first kappa shape index (κ1) is 48.7. The standard InChI is InChI=1S/C46H72O19/c1-18(2)13-25-39(56)60-26-15-24-22-8-7-20-14-21(9-11-44(20,4)23(22)10-12-46(24)38(26)45(25,5)65-43(46)57-6)59-41-36(33(53)30(50)27(16-47)61-41)64-42-37(34(54)31(51)28(17-48)62-42)63-40-35(55)32(52)29(49)19(3)58-40/h7,13,19,21-43,47-56H,8-12,14-17H2,1-6H3/t19-,21-,22+,23-,24-,25-,26-,27+,28+,29-,30+,31+,32+,33-,34-,35+,36+,37+,38+,39+,40-,41+,42-,43+,44-,45-,46-/m0/s1. The summed E-state index contributed by atoms with van der Waals surface area (Å²) in [6, 6.07) is 0. The van der Waals surface area contributed by atoms with E-state index < -0.39 is 130 Å². The molecule has 19 nitrogen and oxygen atoms in total. The highest BCUT2D eigenvalue weighted by molar-refractivity contribution is 5.29. The molecule has 9 rings (SSSR count). The number of hydrogen-bond donors (Lipinski definition) is 10. The zero-order valence-corrected chi connectivity index (χ0v) is 38.0. The largest absolute Gasteiger partial charge is 0.394 e. The fourth-order valence-corrected chi connectivity index (χ4v) is 14.3. The highest BCUT2D eigenvalue weighted by Gasteiger charge is 2.77. The summed E-state index contributed by atoms with van der Waals surface area (Å²) in [7, 11) is 1.73. The molecule has 370 valence electrons. The second-order valence-corrected chi connectivity index (χ2v) is 21.1. The van der Waals surface area contributed by atoms with Crippen molar-refractivity contribution in [2.75, 3.05) is 20.3 Å². The number of aliphatic hydroxyl groups excluding tert-OH is 10. The van der Waals surface area contributed by atoms with Crippen LogP contribution in [0.2, 0.25) is 0 Å². The summed E-state index contributed by atoms with van der Waals surface area (Å²) in [5.74, 6) is 0.646. The summed E-state index contributed by atoms with van der Waals surface area (Å²) in [5, 5.41) is 108. The van der Waals surface area contributed by atoms with E-state index in [2.05, 4.69) is 26.0 Å². The van der Waals surface area contributed by atoms with Crippen molar-refractivity contribution < 1.29 is 93.7 Å². The van der Waals surface area contributed by atoms with Crippen molar-refractivity contribution in [3.63, 3.8) is 0 Å². The number of fused-ring (bicyclic) bond motifs is 4. The van der Waals surface area contributed by atoms with Crippen molar-refractivity contribution in [2.45, 2.75) is 202 Å². The van der Waals surface area contributed by atoms with Gasteiger partial charge in [0.1, 0.15) is 67.1 Å². The van der Waals surface area contributed by atoms with Gasteiger partial charge in [-0.15, -0.1) is 0 Å². The zero-order valence-electron chi connectivity index (χ0n) is 38.0. The Balaban J connectivity index is 0.940. The van der Waals surface area contributed by atoms with Crippen LogP contribution in [0.5, 0.6) is 0 Å². The second kappa shape index (κ2) is 18.2. The molecule has 0 radical (unpaired) electrons. The lowest BCUT2D eigenvalue weighted by Crippen LogP contribution is -2.67. The first-order valence-electron chi connectivity index (χ1n) is 23.6. The molecular formula is C46H72O19. The van der Waals surface area contributed by atoms with E-state index in [1.54, 1.807) is 7.11 Å². The van der Waals surface area contributed by atoms with Gasteiger partial charge in [-0.3, -0.25) is 0 Å². The molecule has 8 fully saturated rings. The van der Waals surface area contributed by atoms with Crippen LogP contribution in [0.4, 0.5) is 0 Å². The third-order valence-electron chi connectivity index (χ3n) is 17.5. The molecule has 9 aliphatic rings. The van der Waals surface area contributed by atoms with Crippen molar-refractivity contribution in [1.29, 1.82) is 0 Å². The van der Waals surface area contributed by atoms with Crippen molar-refractivity contribution in [3.05, 3.63) is 23.3 Å². The van der Waals surface area contributed by atoms with Crippen LogP contribution in [-0.4, -0.2) is 194 Å². The zero-order chi connectivity index (χ0) is 46.7. The molecule has 10 N–H and O–H groups in total. The molecule has 0 unspecified atom stereocenters. The van der Waals surface area contributed by atoms with Gasteiger partial charge in [0.25, 0.3) is 0 Å². The van der Waals surface area contributed by atoms with Crippen LogP contribution in [0.15, 0.2) is 23.3 Å². The minimum atomic E-state index is -1.83. The van der Waals surface area contributed by atoms with Gasteiger partial charge in [-0.2, -0.15) is 0 Å². The average Bonchev–Trinajstić information content (AvgIpc) is 3.76. The lowest BCUT2D eigenvalue weighted by Gasteiger charge is -2.58. The Hall–Kier alpha value is -1.28. The van der Waals surface area contributed by atoms with Crippen LogP contribution in [0, 0.1) is 40.4 Å². The van der Waals surface area contributed by atoms with Crippen LogP contribution in [0.25, 0.3) is 0 Å². The molecule has 5 saturated heterocycles. The van der Waals surface area contributed by atoms with Gasteiger partial charge >= 0.3 is 0 Å². The minimum absolute atomic E-state index is 0.0565. The van der Waals surface area contributed by atoms with Crippen molar-refractivity contribution >= 4 is 0 Å². The van der Waals surface area contributed by atoms with Crippen LogP contribution in [-0.2, 0) is 42.6 Å². The van der Waals surface area contributed by atoms with Crippen LogP contribution < -0.4 is 0 Å². The summed E-state index contributed by atoms with van der Waals surface area (Å²) in [6.07, 6.45) is -15.8. The summed E-state index contributed by atoms with van der Waals surface area (Å²) in [4.78, 5) is 0. The molecule has 0 aromatic carbocycles. The molecule has 19 heteroatoms. The van der Waals surface area contributed by atoms with Gasteiger partial charge in [-0.1, -0.05) is 30.2 Å². The smallest absolute Gasteiger partial charge is 0.187 e. The van der Waals surface area contributed by atoms with Gasteiger partial charge in [0.2, 0.25) is 0 Å². The van der Waals surface area contributed by atoms with Crippen LogP contribution >= 0.6 is 0 Å². The topological polar surface area (TPSA) is 285 Å². The van der Waals surface area contributed by atoms with E-state index in [0.717, 1.165) is 37.7 Å². The maximum absolute atomic E-state index is 11.5. The molecule has 0 aromatic rings. The monoisotopic (exact) mass is 928 g/mol. The molecule has 5 heterocycles. The fraction of sp³-hybridized carbons (Fsp3) is 0.913. The highest BCUT2D eigenvalue weighted by atomic mass is 16.8. The third kappa shape index (κ3) is 7.75. The highest BCUT2D eigenvalue weighted by Crippen LogP contribution is 2.74. The van der Waals surface area contributed by atoms with Gasteiger partial charge in [-0.25, -0.2) is 0 Å². The average molecular weight is 929 g/mol. The molecule has 27 atom stereocenters. The maximum Gasteiger partial charge on any atom is 0.187 e. The van der Waals surface area contributed by atoms with E-state index in [1.165, 1.54) is 12.5 Å². The van der Waals surface area contributed by atoms with Crippen LogP contribution in [0.1, 0.15) is 79.6 Å². The number of methoxy groups -OCH3 is 1. The van der Waals surface area contributed by atoms with E-state index in [9.17, 15) is 51.1 Å². The van der Waals surface area contributed by atoms with Gasteiger partial charge in [0.15, 0.2) is 31.5 Å². The lowest BCUT2D eigenvalue weighted by molar-refractivity contribution is -0.394. The summed E-state index contributed by atoms with van der Waals surface area (Å²) in [6.45, 7) is 8.54. The number of aliphatic hydroxyl groups is 10. The SMILES string of the molecule is CO[C@@H]1O[C@]2(C)[C@H]3[C@H](C[C@H]4[C@@H]5CC=C6C[C@@H](O[C@@H]7O[C@H](CO)[C@@H](O)[C@H](O)[C@H]7O[C@@H]7O[C@H](CO)[C@@H](O)[C@H](O)[C@H]7O[C@@H]7O[C@@H](C)[C@H](O)[C@@H](O)[C@H]7O)CC[C@]6(C)[C@H]5CC[C@@]134)O[C@@H](O)[C@@H]2C=C(C)C. The lowest BCUT2D eigenvalue weighted by atomic mass is 9.46. The molecule has 0 amide bonds. The summed E-state index contributed by atoms with van der Waals surface area (Å²) >= 11 is 0. The van der Waals surface area contributed by atoms with Gasteiger partial charge in [0, 0.05) is 18.4 Å². The Bertz CT molecular complexity index is 1770. The Morgan fingerprint density at radius 3 is 1.98 bits per heavy atom. The Morgan fingerprint density at radius 1 is 0.738 bits per heavy atom. The quantitative estimate of drug-likeness (QED) is 0.119. The molecule has 5 aliphatic heterocycles. The first-order chi connectivity index (χ1) is 30.8. The predicted molar refractivity (Wildman–Crippen MR) is 221 cm³/mol. The van der Waals surface area contributed by atoms with Crippen LogP contribution in [0.3, 0.4) is 0 Å². The Labute approximate surface area is 379 Å². The van der Waals surface area contributed by atoms with Gasteiger partial charge in [0.05, 0.1) is 43.0 Å². The first-order valence-corrected chi connectivity index (χ1v) is 23.6. The van der Waals surface area contributed by atoms with Gasteiger partial charge < -0.3 is 93.7 Å². The molecule has 3 saturated carbocycles. The number of hydrogen-bond acceptors (Lipinski definition) is 19. The van der Waals surface area contributed by atoms with Crippen molar-refractivity contribution in [3.8, 4) is 0 Å². The van der Waals surface area contributed by atoms with E-state index in [1.807, 2.05) is 13.8 Å². The number of rotatable bonds is 10. The molecule has 0 bridgehead atoms. The molecular weight excluding hydrogens is 856 g/mol. The van der Waals surface area contributed by atoms with E-state index >= 15 is 0 Å². The van der Waals surface area contributed by atoms with E-state index in [0.29, 0.717) is 24.7 Å². The molecule has 4 aliphatic carbocycles. The predicted octanol–water partition coefficient (Wildman–Crippen LogP) is -0.922. The molecule has 0 aromatic heterocycles. The third-order valence-corrected chi connectivity index (χ3v) is 17.5. The Kier molecular flexibility index (Phi) is 13.6. The summed E-state index contributed by atoms with van der Waals surface area (Å²) < 4.78 is 56.0. The number of allylic oxidation sites excluding steroid dienone is 2. The van der Waals surface area contributed by atoms with E-state index in [-0.39, 0.29) is 34.7 Å². The molecule has 65 heavy (non-hydrogen) atoms. The summed E-state index contributed by atoms with van der Waals surface area (Å²) in [5.41, 5.74) is 1.25. The minimum Gasteiger partial charge on any atom is -0.394 e. The fourth-order valence-electron chi connectivity index (χ4n) is 14.3. The van der Waals surface area contributed by atoms with Crippen molar-refractivity contribution in [1.82, 2.24) is 0 Å². The second-order valence-electron chi connectivity index (χ2n) is 21.1. The maximum atomic E-state index is 11.5.